The fraction of sp³-hybridized carbons (Fsp3) is 0.778. The summed E-state index contributed by atoms with van der Waals surface area (Å²) >= 11 is 0. The summed E-state index contributed by atoms with van der Waals surface area (Å²) in [5, 5.41) is 4.61. The highest BCUT2D eigenvalue weighted by atomic mass is 127. The van der Waals surface area contributed by atoms with Crippen molar-refractivity contribution in [3.8, 4) is 0 Å². The van der Waals surface area contributed by atoms with E-state index in [4.69, 9.17) is 0 Å². The molecular formula is C9H20IN3O3. The van der Waals surface area contributed by atoms with E-state index in [1.54, 1.807) is 6.92 Å². The lowest BCUT2D eigenvalue weighted by molar-refractivity contribution is -0.869. The van der Waals surface area contributed by atoms with Crippen LogP contribution in [0, 0.1) is 0 Å². The lowest BCUT2D eigenvalue weighted by atomic mass is 10.5. The highest BCUT2D eigenvalue weighted by molar-refractivity contribution is 5.90. The first-order valence-electron chi connectivity index (χ1n) is 4.87. The van der Waals surface area contributed by atoms with E-state index in [-0.39, 0.29) is 30.6 Å². The number of amides is 3. The number of alkyl carbamates (subject to hydrolysis) is 1. The van der Waals surface area contributed by atoms with Gasteiger partial charge in [0.25, 0.3) is 0 Å². The van der Waals surface area contributed by atoms with Gasteiger partial charge in [-0.05, 0) is 6.92 Å². The van der Waals surface area contributed by atoms with Crippen LogP contribution in [0.1, 0.15) is 6.92 Å². The van der Waals surface area contributed by atoms with E-state index in [2.05, 4.69) is 10.1 Å². The van der Waals surface area contributed by atoms with Crippen molar-refractivity contribution in [1.82, 2.24) is 10.6 Å². The molecule has 0 rings (SSSR count). The van der Waals surface area contributed by atoms with Crippen LogP contribution in [0.3, 0.4) is 0 Å². The average molecular weight is 345 g/mol. The van der Waals surface area contributed by atoms with E-state index in [1.807, 2.05) is 26.5 Å². The van der Waals surface area contributed by atoms with E-state index in [9.17, 15) is 9.59 Å². The molecule has 0 fully saturated rings. The molecule has 0 aromatic heterocycles. The summed E-state index contributed by atoms with van der Waals surface area (Å²) in [5.74, 6) is 0. The minimum absolute atomic E-state index is 0. The van der Waals surface area contributed by atoms with Crippen molar-refractivity contribution in [2.75, 3.05) is 40.8 Å². The summed E-state index contributed by atoms with van der Waals surface area (Å²) in [6, 6.07) is -0.526. The first kappa shape index (κ1) is 17.8. The molecule has 0 bridgehead atoms. The summed E-state index contributed by atoms with van der Waals surface area (Å²) in [5.41, 5.74) is 0. The number of rotatable bonds is 4. The topological polar surface area (TPSA) is 67.4 Å². The Morgan fingerprint density at radius 3 is 2.25 bits per heavy atom. The SMILES string of the molecule is CCOC(=O)NC(=O)NCC[N+](C)(C)C.[I-]. The Morgan fingerprint density at radius 1 is 1.25 bits per heavy atom. The third-order valence-corrected chi connectivity index (χ3v) is 1.56. The number of ether oxygens (including phenoxy) is 1. The Bertz CT molecular complexity index is 229. The molecule has 0 heterocycles. The first-order valence-corrected chi connectivity index (χ1v) is 4.87. The number of quaternary nitrogens is 1. The van der Waals surface area contributed by atoms with Crippen LogP contribution in [0.15, 0.2) is 0 Å². The van der Waals surface area contributed by atoms with Crippen LogP contribution in [-0.2, 0) is 4.74 Å². The number of carbonyl (C=O) groups excluding carboxylic acids is 2. The Labute approximate surface area is 113 Å². The van der Waals surface area contributed by atoms with Crippen molar-refractivity contribution < 1.29 is 42.8 Å². The summed E-state index contributed by atoms with van der Waals surface area (Å²) in [6.07, 6.45) is -0.722. The molecule has 2 N–H and O–H groups in total. The van der Waals surface area contributed by atoms with Gasteiger partial charge in [-0.25, -0.2) is 14.9 Å². The van der Waals surface area contributed by atoms with Gasteiger partial charge in [0.2, 0.25) is 0 Å². The molecule has 0 aromatic rings. The largest absolute Gasteiger partial charge is 1.00 e. The zero-order valence-electron chi connectivity index (χ0n) is 10.2. The van der Waals surface area contributed by atoms with Gasteiger partial charge in [0, 0.05) is 0 Å². The number of hydrogen-bond donors (Lipinski definition) is 2. The van der Waals surface area contributed by atoms with Gasteiger partial charge in [0.1, 0.15) is 0 Å². The maximum Gasteiger partial charge on any atom is 0.415 e. The fourth-order valence-electron chi connectivity index (χ4n) is 0.809. The smallest absolute Gasteiger partial charge is 0.415 e. The average Bonchev–Trinajstić information content (AvgIpc) is 2.01. The van der Waals surface area contributed by atoms with Crippen molar-refractivity contribution in [3.05, 3.63) is 0 Å². The van der Waals surface area contributed by atoms with E-state index in [0.717, 1.165) is 11.0 Å². The van der Waals surface area contributed by atoms with E-state index >= 15 is 0 Å². The van der Waals surface area contributed by atoms with Crippen LogP contribution in [0.25, 0.3) is 0 Å². The van der Waals surface area contributed by atoms with Gasteiger partial charge in [-0.1, -0.05) is 0 Å². The molecule has 0 saturated heterocycles. The molecule has 16 heavy (non-hydrogen) atoms. The molecule has 0 unspecified atom stereocenters. The van der Waals surface area contributed by atoms with Gasteiger partial charge in [-0.15, -0.1) is 0 Å². The number of carbonyl (C=O) groups is 2. The van der Waals surface area contributed by atoms with Crippen molar-refractivity contribution >= 4 is 12.1 Å². The third kappa shape index (κ3) is 11.5. The van der Waals surface area contributed by atoms with Crippen LogP contribution in [-0.4, -0.2) is 57.4 Å². The maximum absolute atomic E-state index is 11.1. The number of nitrogens with one attached hydrogen (secondary N) is 2. The van der Waals surface area contributed by atoms with E-state index in [0.29, 0.717) is 6.54 Å². The van der Waals surface area contributed by atoms with Gasteiger partial charge < -0.3 is 38.5 Å². The molecule has 6 nitrogen and oxygen atoms in total. The number of urea groups is 1. The van der Waals surface area contributed by atoms with Gasteiger partial charge in [0.15, 0.2) is 0 Å². The van der Waals surface area contributed by atoms with E-state index in [1.165, 1.54) is 0 Å². The molecule has 0 atom stereocenters. The van der Waals surface area contributed by atoms with Gasteiger partial charge in [-0.2, -0.15) is 0 Å². The fourth-order valence-corrected chi connectivity index (χ4v) is 0.809. The standard InChI is InChI=1S/C9H19N3O3.HI/c1-5-15-9(14)11-8(13)10-6-7-12(2,3)4;/h5-7H2,1-4H3,(H-,10,11,13,14);1H. The second-order valence-corrected chi connectivity index (χ2v) is 4.12. The van der Waals surface area contributed by atoms with Crippen LogP contribution in [0.2, 0.25) is 0 Å². The number of imide groups is 1. The van der Waals surface area contributed by atoms with Crippen LogP contribution < -0.4 is 34.6 Å². The minimum atomic E-state index is -0.722. The Kier molecular flexibility index (Phi) is 9.54. The van der Waals surface area contributed by atoms with Crippen LogP contribution in [0.4, 0.5) is 9.59 Å². The van der Waals surface area contributed by atoms with Gasteiger partial charge in [-0.3, -0.25) is 0 Å². The van der Waals surface area contributed by atoms with Crippen LogP contribution >= 0.6 is 0 Å². The highest BCUT2D eigenvalue weighted by Gasteiger charge is 2.10. The van der Waals surface area contributed by atoms with Crippen molar-refractivity contribution in [2.24, 2.45) is 0 Å². The molecule has 0 aliphatic heterocycles. The summed E-state index contributed by atoms with van der Waals surface area (Å²) < 4.78 is 5.29. The zero-order chi connectivity index (χ0) is 11.9. The normalized spacial score (nSPS) is 10.0. The predicted octanol–water partition coefficient (Wildman–Crippen LogP) is -2.85. The zero-order valence-corrected chi connectivity index (χ0v) is 12.3. The molecule has 0 aliphatic rings. The minimum Gasteiger partial charge on any atom is -1.00 e. The Morgan fingerprint density at radius 2 is 1.81 bits per heavy atom. The lowest BCUT2D eigenvalue weighted by Gasteiger charge is -2.23. The number of hydrogen-bond acceptors (Lipinski definition) is 3. The molecule has 0 spiro atoms. The van der Waals surface area contributed by atoms with Gasteiger partial charge in [0.05, 0.1) is 40.8 Å². The molecule has 0 aliphatic carbocycles. The quantitative estimate of drug-likeness (QED) is 0.426. The predicted molar refractivity (Wildman–Crippen MR) is 56.5 cm³/mol. The number of nitrogens with zero attached hydrogens (tertiary/aromatic N) is 1. The van der Waals surface area contributed by atoms with E-state index < -0.39 is 12.1 Å². The lowest BCUT2D eigenvalue weighted by Crippen LogP contribution is -3.00. The molecule has 96 valence electrons. The summed E-state index contributed by atoms with van der Waals surface area (Å²) in [7, 11) is 6.06. The Balaban J connectivity index is 0. The molecule has 0 aromatic carbocycles. The summed E-state index contributed by atoms with van der Waals surface area (Å²) in [6.45, 7) is 3.22. The highest BCUT2D eigenvalue weighted by Crippen LogP contribution is 1.86. The molecule has 7 heteroatoms. The van der Waals surface area contributed by atoms with Crippen LogP contribution in [0.5, 0.6) is 0 Å². The second-order valence-electron chi connectivity index (χ2n) is 4.12. The van der Waals surface area contributed by atoms with Crippen molar-refractivity contribution in [2.45, 2.75) is 6.92 Å². The molecule has 0 saturated carbocycles. The summed E-state index contributed by atoms with van der Waals surface area (Å²) in [4.78, 5) is 21.9. The second kappa shape index (κ2) is 8.57. The number of likely N-dealkylation sites (N-methyl/N-ethyl adjacent to an activating group) is 1. The first-order chi connectivity index (χ1) is 6.85. The van der Waals surface area contributed by atoms with Gasteiger partial charge >= 0.3 is 12.1 Å². The molecule has 0 radical (unpaired) electrons. The number of halogens is 1. The maximum atomic E-state index is 11.1. The third-order valence-electron chi connectivity index (χ3n) is 1.56. The molecular weight excluding hydrogens is 325 g/mol. The van der Waals surface area contributed by atoms with Crippen molar-refractivity contribution in [1.29, 1.82) is 0 Å². The van der Waals surface area contributed by atoms with Crippen molar-refractivity contribution in [3.63, 3.8) is 0 Å². The Hall–Kier alpha value is -0.570. The monoisotopic (exact) mass is 345 g/mol. The molecule has 3 amide bonds.